The van der Waals surface area contributed by atoms with E-state index in [9.17, 15) is 4.79 Å². The number of amidine groups is 1. The number of nitrogens with one attached hydrogen (secondary N) is 1. The van der Waals surface area contributed by atoms with Crippen molar-refractivity contribution in [2.24, 2.45) is 10.9 Å². The summed E-state index contributed by atoms with van der Waals surface area (Å²) in [6.45, 7) is 5.40. The fraction of sp³-hybridized carbons (Fsp3) is 0.750. The molecule has 2 amide bonds. The van der Waals surface area contributed by atoms with E-state index in [4.69, 9.17) is 10.9 Å². The van der Waals surface area contributed by atoms with E-state index in [1.54, 1.807) is 14.0 Å². The third-order valence-corrected chi connectivity index (χ3v) is 1.86. The number of hydrogen-bond acceptors (Lipinski definition) is 3. The molecule has 0 spiro atoms. The number of nitrogens with zero attached hydrogens (tertiary/aromatic N) is 2. The van der Waals surface area contributed by atoms with Crippen LogP contribution < -0.4 is 11.1 Å². The molecule has 0 aliphatic carbocycles. The van der Waals surface area contributed by atoms with Gasteiger partial charge in [0.2, 0.25) is 0 Å². The number of carbonyl (C=O) groups is 1. The van der Waals surface area contributed by atoms with Gasteiger partial charge >= 0.3 is 6.03 Å². The van der Waals surface area contributed by atoms with Crippen molar-refractivity contribution in [1.29, 1.82) is 0 Å². The van der Waals surface area contributed by atoms with Crippen LogP contribution in [0.4, 0.5) is 4.79 Å². The van der Waals surface area contributed by atoms with Crippen molar-refractivity contribution in [1.82, 2.24) is 10.2 Å². The average Bonchev–Trinajstić information content (AvgIpc) is 2.13. The maximum absolute atomic E-state index is 11.4. The van der Waals surface area contributed by atoms with E-state index in [2.05, 4.69) is 10.5 Å². The molecule has 1 atom stereocenters. The third-order valence-electron chi connectivity index (χ3n) is 1.86. The van der Waals surface area contributed by atoms with Crippen LogP contribution in [0.1, 0.15) is 20.8 Å². The van der Waals surface area contributed by atoms with Gasteiger partial charge < -0.3 is 21.2 Å². The van der Waals surface area contributed by atoms with Crippen LogP contribution in [-0.4, -0.2) is 41.1 Å². The molecule has 6 nitrogen and oxygen atoms in total. The molecule has 0 aromatic carbocycles. The minimum absolute atomic E-state index is 0.00593. The summed E-state index contributed by atoms with van der Waals surface area (Å²) < 4.78 is 0. The molecule has 0 bridgehead atoms. The number of oxime groups is 1. The Morgan fingerprint density at radius 1 is 1.50 bits per heavy atom. The van der Waals surface area contributed by atoms with E-state index in [1.165, 1.54) is 4.90 Å². The minimum Gasteiger partial charge on any atom is -0.409 e. The number of carbonyl (C=O) groups excluding carboxylic acids is 1. The summed E-state index contributed by atoms with van der Waals surface area (Å²) in [5.74, 6) is 0.00593. The van der Waals surface area contributed by atoms with Crippen molar-refractivity contribution in [3.05, 3.63) is 0 Å². The summed E-state index contributed by atoms with van der Waals surface area (Å²) in [6, 6.07) is -0.623. The smallest absolute Gasteiger partial charge is 0.317 e. The lowest BCUT2D eigenvalue weighted by molar-refractivity contribution is 0.201. The first-order valence-corrected chi connectivity index (χ1v) is 4.40. The molecule has 1 unspecified atom stereocenters. The highest BCUT2D eigenvalue weighted by Gasteiger charge is 2.19. The Kier molecular flexibility index (Phi) is 4.76. The molecule has 4 N–H and O–H groups in total. The van der Waals surface area contributed by atoms with Crippen LogP contribution in [0, 0.1) is 0 Å². The Morgan fingerprint density at radius 3 is 2.36 bits per heavy atom. The van der Waals surface area contributed by atoms with E-state index in [-0.39, 0.29) is 17.9 Å². The van der Waals surface area contributed by atoms with Crippen molar-refractivity contribution in [2.45, 2.75) is 32.9 Å². The molecule has 0 heterocycles. The lowest BCUT2D eigenvalue weighted by atomic mass is 10.3. The van der Waals surface area contributed by atoms with Crippen LogP contribution in [-0.2, 0) is 0 Å². The number of urea groups is 1. The first-order chi connectivity index (χ1) is 6.40. The van der Waals surface area contributed by atoms with Gasteiger partial charge in [0.25, 0.3) is 0 Å². The molecule has 0 saturated heterocycles. The molecular formula is C8H18N4O2. The highest BCUT2D eigenvalue weighted by atomic mass is 16.4. The first-order valence-electron chi connectivity index (χ1n) is 4.40. The van der Waals surface area contributed by atoms with Gasteiger partial charge in [-0.2, -0.15) is 0 Å². The quantitative estimate of drug-likeness (QED) is 0.264. The number of rotatable bonds is 3. The SMILES string of the molecule is CC(C)NC(=O)N(C)C(C)C(N)=NO. The van der Waals surface area contributed by atoms with Crippen LogP contribution in [0.3, 0.4) is 0 Å². The van der Waals surface area contributed by atoms with Crippen molar-refractivity contribution in [3.63, 3.8) is 0 Å². The Bertz CT molecular complexity index is 227. The molecule has 0 fully saturated rings. The maximum atomic E-state index is 11.4. The molecule has 0 radical (unpaired) electrons. The third kappa shape index (κ3) is 3.51. The van der Waals surface area contributed by atoms with Crippen molar-refractivity contribution in [2.75, 3.05) is 7.05 Å². The minimum atomic E-state index is -0.432. The van der Waals surface area contributed by atoms with Crippen LogP contribution >= 0.6 is 0 Å². The van der Waals surface area contributed by atoms with Crippen LogP contribution in [0.25, 0.3) is 0 Å². The van der Waals surface area contributed by atoms with Gasteiger partial charge in [-0.05, 0) is 20.8 Å². The van der Waals surface area contributed by atoms with E-state index in [0.29, 0.717) is 0 Å². The van der Waals surface area contributed by atoms with Gasteiger partial charge in [-0.25, -0.2) is 4.79 Å². The average molecular weight is 202 g/mol. The summed E-state index contributed by atoms with van der Waals surface area (Å²) in [5, 5.41) is 14.0. The highest BCUT2D eigenvalue weighted by molar-refractivity contribution is 5.89. The van der Waals surface area contributed by atoms with Gasteiger partial charge in [0.05, 0.1) is 6.04 Å². The molecule has 0 aliphatic heterocycles. The standard InChI is InChI=1S/C8H18N4O2/c1-5(2)10-8(13)12(4)6(3)7(9)11-14/h5-6,14H,1-4H3,(H2,9,11)(H,10,13). The number of amides is 2. The van der Waals surface area contributed by atoms with Crippen molar-refractivity contribution >= 4 is 11.9 Å². The van der Waals surface area contributed by atoms with Gasteiger partial charge in [-0.1, -0.05) is 5.16 Å². The number of likely N-dealkylation sites (N-methyl/N-ethyl adjacent to an activating group) is 1. The Balaban J connectivity index is 4.31. The molecule has 0 aromatic rings. The Morgan fingerprint density at radius 2 is 2.00 bits per heavy atom. The lowest BCUT2D eigenvalue weighted by Gasteiger charge is -2.25. The molecule has 82 valence electrons. The zero-order valence-electron chi connectivity index (χ0n) is 8.98. The first kappa shape index (κ1) is 12.5. The summed E-state index contributed by atoms with van der Waals surface area (Å²) >= 11 is 0. The molecule has 0 aliphatic rings. The van der Waals surface area contributed by atoms with Gasteiger partial charge in [-0.15, -0.1) is 0 Å². The maximum Gasteiger partial charge on any atom is 0.317 e. The number of nitrogens with two attached hydrogens (primary N) is 1. The lowest BCUT2D eigenvalue weighted by Crippen LogP contribution is -2.49. The van der Waals surface area contributed by atoms with E-state index in [0.717, 1.165) is 0 Å². The zero-order valence-corrected chi connectivity index (χ0v) is 8.98. The monoisotopic (exact) mass is 202 g/mol. The Labute approximate surface area is 83.7 Å². The van der Waals surface area contributed by atoms with Gasteiger partial charge in [0, 0.05) is 13.1 Å². The molecule has 0 saturated carbocycles. The van der Waals surface area contributed by atoms with E-state index >= 15 is 0 Å². The normalized spacial score (nSPS) is 13.9. The summed E-state index contributed by atoms with van der Waals surface area (Å²) in [7, 11) is 1.58. The fourth-order valence-corrected chi connectivity index (χ4v) is 0.807. The van der Waals surface area contributed by atoms with Crippen molar-refractivity contribution < 1.29 is 10.0 Å². The van der Waals surface area contributed by atoms with Gasteiger partial charge in [-0.3, -0.25) is 0 Å². The Hall–Kier alpha value is -1.46. The number of hydrogen-bond donors (Lipinski definition) is 3. The summed E-state index contributed by atoms with van der Waals surface area (Å²) in [6.07, 6.45) is 0. The highest BCUT2D eigenvalue weighted by Crippen LogP contribution is 1.96. The second kappa shape index (κ2) is 5.31. The predicted octanol–water partition coefficient (Wildman–Crippen LogP) is 0.171. The summed E-state index contributed by atoms with van der Waals surface area (Å²) in [5.41, 5.74) is 5.36. The van der Waals surface area contributed by atoms with Gasteiger partial charge in [0.15, 0.2) is 5.84 Å². The predicted molar refractivity (Wildman–Crippen MR) is 54.3 cm³/mol. The van der Waals surface area contributed by atoms with Crippen LogP contribution in [0.2, 0.25) is 0 Å². The second-order valence-electron chi connectivity index (χ2n) is 3.42. The summed E-state index contributed by atoms with van der Waals surface area (Å²) in [4.78, 5) is 12.8. The van der Waals surface area contributed by atoms with Crippen LogP contribution in [0.15, 0.2) is 5.16 Å². The second-order valence-corrected chi connectivity index (χ2v) is 3.42. The molecule has 0 rings (SSSR count). The topological polar surface area (TPSA) is 91.0 Å². The van der Waals surface area contributed by atoms with E-state index < -0.39 is 6.04 Å². The molecule has 6 heteroatoms. The largest absolute Gasteiger partial charge is 0.409 e. The molecule has 0 aromatic heterocycles. The molecular weight excluding hydrogens is 184 g/mol. The van der Waals surface area contributed by atoms with Gasteiger partial charge in [0.1, 0.15) is 0 Å². The van der Waals surface area contributed by atoms with Crippen LogP contribution in [0.5, 0.6) is 0 Å². The zero-order chi connectivity index (χ0) is 11.3. The van der Waals surface area contributed by atoms with Crippen molar-refractivity contribution in [3.8, 4) is 0 Å². The molecule has 14 heavy (non-hydrogen) atoms. The fourth-order valence-electron chi connectivity index (χ4n) is 0.807. The van der Waals surface area contributed by atoms with E-state index in [1.807, 2.05) is 13.8 Å².